The lowest BCUT2D eigenvalue weighted by molar-refractivity contribution is 0.126. The second-order valence-corrected chi connectivity index (χ2v) is 7.94. The smallest absolute Gasteiger partial charge is 0.223 e. The number of nitrogens with zero attached hydrogens (tertiary/aromatic N) is 3. The molecule has 4 rings (SSSR count). The van der Waals surface area contributed by atoms with Crippen molar-refractivity contribution in [1.82, 2.24) is 15.1 Å². The molecule has 25 heavy (non-hydrogen) atoms. The molecule has 0 saturated heterocycles. The van der Waals surface area contributed by atoms with Gasteiger partial charge in [-0.2, -0.15) is 0 Å². The number of hydrogen-bond donors (Lipinski definition) is 2. The van der Waals surface area contributed by atoms with Crippen LogP contribution in [0.2, 0.25) is 0 Å². The van der Waals surface area contributed by atoms with E-state index in [1.165, 1.54) is 12.8 Å². The minimum absolute atomic E-state index is 0.155. The number of nitrogens with one attached hydrogen (secondary N) is 1. The third-order valence-corrected chi connectivity index (χ3v) is 5.94. The van der Waals surface area contributed by atoms with Crippen molar-refractivity contribution in [2.75, 3.05) is 5.32 Å². The van der Waals surface area contributed by atoms with E-state index in [1.54, 1.807) is 6.26 Å². The maximum Gasteiger partial charge on any atom is 0.223 e. The van der Waals surface area contributed by atoms with E-state index < -0.39 is 0 Å². The van der Waals surface area contributed by atoms with Crippen molar-refractivity contribution in [3.05, 3.63) is 23.7 Å². The molecule has 0 spiro atoms. The molecule has 0 amide bonds. The first kappa shape index (κ1) is 17.2. The van der Waals surface area contributed by atoms with Gasteiger partial charge in [0.05, 0.1) is 23.1 Å². The Kier molecular flexibility index (Phi) is 5.21. The van der Waals surface area contributed by atoms with E-state index in [4.69, 9.17) is 9.51 Å². The van der Waals surface area contributed by atoms with Crippen LogP contribution in [0.1, 0.15) is 49.8 Å². The normalized spacial score (nSPS) is 23.6. The summed E-state index contributed by atoms with van der Waals surface area (Å²) >= 11 is 2.34. The van der Waals surface area contributed by atoms with E-state index in [0.29, 0.717) is 12.0 Å². The van der Waals surface area contributed by atoms with Gasteiger partial charge in [-0.15, -0.1) is 0 Å². The molecular formula is C18H23IN4O2. The van der Waals surface area contributed by atoms with Gasteiger partial charge in [0.25, 0.3) is 0 Å². The molecule has 7 heteroatoms. The fraction of sp³-hybridized carbons (Fsp3) is 0.611. The van der Waals surface area contributed by atoms with Crippen molar-refractivity contribution in [3.8, 4) is 11.3 Å². The van der Waals surface area contributed by atoms with E-state index in [1.807, 2.05) is 6.20 Å². The summed E-state index contributed by atoms with van der Waals surface area (Å²) in [5.74, 6) is 1.41. The first-order valence-corrected chi connectivity index (χ1v) is 10.6. The second-order valence-electron chi connectivity index (χ2n) is 7.17. The Hall–Kier alpha value is -1.22. The van der Waals surface area contributed by atoms with Crippen molar-refractivity contribution in [2.45, 2.75) is 61.5 Å². The Bertz CT molecular complexity index is 724. The summed E-state index contributed by atoms with van der Waals surface area (Å²) in [4.78, 5) is 9.29. The zero-order valence-corrected chi connectivity index (χ0v) is 16.3. The molecule has 2 fully saturated rings. The van der Waals surface area contributed by atoms with Crippen LogP contribution in [-0.2, 0) is 10.8 Å². The summed E-state index contributed by atoms with van der Waals surface area (Å²) < 4.78 is 6.11. The fourth-order valence-electron chi connectivity index (χ4n) is 3.41. The molecule has 0 aromatic carbocycles. The number of hydrogen-bond acceptors (Lipinski definition) is 6. The highest BCUT2D eigenvalue weighted by atomic mass is 127. The highest BCUT2D eigenvalue weighted by Crippen LogP contribution is 2.36. The van der Waals surface area contributed by atoms with E-state index in [-0.39, 0.29) is 6.10 Å². The highest BCUT2D eigenvalue weighted by Gasteiger charge is 2.26. The summed E-state index contributed by atoms with van der Waals surface area (Å²) in [5, 5.41) is 17.3. The average Bonchev–Trinajstić information content (AvgIpc) is 3.32. The number of alkyl halides is 1. The van der Waals surface area contributed by atoms with Gasteiger partial charge in [-0.05, 0) is 50.9 Å². The summed E-state index contributed by atoms with van der Waals surface area (Å²) in [5.41, 5.74) is 4.05. The SMILES string of the molecule is O[C@H]1CC[C@H](Nc2ncc(CI)c(-c3conc3CC3CC3)n2)CC1. The van der Waals surface area contributed by atoms with Crippen molar-refractivity contribution in [1.29, 1.82) is 0 Å². The molecule has 2 N–H and O–H groups in total. The first-order valence-electron chi connectivity index (χ1n) is 9.03. The third-order valence-electron chi connectivity index (χ3n) is 5.12. The van der Waals surface area contributed by atoms with Crippen LogP contribution in [-0.4, -0.2) is 32.4 Å². The quantitative estimate of drug-likeness (QED) is 0.511. The van der Waals surface area contributed by atoms with Crippen LogP contribution in [0, 0.1) is 5.92 Å². The zero-order chi connectivity index (χ0) is 17.2. The molecule has 0 radical (unpaired) electrons. The van der Waals surface area contributed by atoms with Gasteiger partial charge in [-0.1, -0.05) is 27.7 Å². The number of aromatic nitrogens is 3. The molecule has 134 valence electrons. The third kappa shape index (κ3) is 4.13. The number of halogens is 1. The van der Waals surface area contributed by atoms with Crippen LogP contribution >= 0.6 is 22.6 Å². The maximum absolute atomic E-state index is 9.66. The lowest BCUT2D eigenvalue weighted by Crippen LogP contribution is -2.29. The fourth-order valence-corrected chi connectivity index (χ4v) is 3.96. The minimum Gasteiger partial charge on any atom is -0.393 e. The zero-order valence-electron chi connectivity index (χ0n) is 14.1. The Morgan fingerprint density at radius 1 is 1.20 bits per heavy atom. The predicted octanol–water partition coefficient (Wildman–Crippen LogP) is 3.73. The van der Waals surface area contributed by atoms with Crippen LogP contribution < -0.4 is 5.32 Å². The Balaban J connectivity index is 1.57. The van der Waals surface area contributed by atoms with Gasteiger partial charge >= 0.3 is 0 Å². The molecule has 2 saturated carbocycles. The number of rotatable bonds is 6. The monoisotopic (exact) mass is 454 g/mol. The lowest BCUT2D eigenvalue weighted by Gasteiger charge is -2.26. The summed E-state index contributed by atoms with van der Waals surface area (Å²) in [6.45, 7) is 0. The van der Waals surface area contributed by atoms with Gasteiger partial charge in [0.1, 0.15) is 6.26 Å². The maximum atomic E-state index is 9.66. The standard InChI is InChI=1S/C18H23IN4O2/c19-8-12-9-20-18(21-13-3-5-14(24)6-4-13)22-17(12)15-10-25-23-16(15)7-11-1-2-11/h9-11,13-14,24H,1-8H2,(H,20,21,22)/t13-,14-. The van der Waals surface area contributed by atoms with Gasteiger partial charge in [-0.3, -0.25) is 0 Å². The van der Waals surface area contributed by atoms with Gasteiger partial charge in [0.2, 0.25) is 5.95 Å². The van der Waals surface area contributed by atoms with Crippen LogP contribution in [0.15, 0.2) is 17.0 Å². The van der Waals surface area contributed by atoms with E-state index in [0.717, 1.165) is 65.0 Å². The molecule has 2 aliphatic carbocycles. The summed E-state index contributed by atoms with van der Waals surface area (Å²) in [6, 6.07) is 0.329. The highest BCUT2D eigenvalue weighted by molar-refractivity contribution is 14.1. The largest absolute Gasteiger partial charge is 0.393 e. The number of aliphatic hydroxyl groups excluding tert-OH is 1. The lowest BCUT2D eigenvalue weighted by atomic mass is 9.93. The van der Waals surface area contributed by atoms with Crippen LogP contribution in [0.4, 0.5) is 5.95 Å². The van der Waals surface area contributed by atoms with Gasteiger partial charge in [0, 0.05) is 22.2 Å². The molecule has 2 aromatic heterocycles. The molecule has 0 aliphatic heterocycles. The van der Waals surface area contributed by atoms with Gasteiger partial charge < -0.3 is 14.9 Å². The van der Waals surface area contributed by atoms with Crippen molar-refractivity contribution in [2.24, 2.45) is 5.92 Å². The number of anilines is 1. The Labute approximate surface area is 161 Å². The molecule has 0 bridgehead atoms. The average molecular weight is 454 g/mol. The molecule has 0 atom stereocenters. The van der Waals surface area contributed by atoms with Crippen molar-refractivity contribution < 1.29 is 9.63 Å². The van der Waals surface area contributed by atoms with Crippen LogP contribution in [0.25, 0.3) is 11.3 Å². The molecular weight excluding hydrogens is 431 g/mol. The molecule has 2 aliphatic rings. The molecule has 2 heterocycles. The Morgan fingerprint density at radius 2 is 2.00 bits per heavy atom. The first-order chi connectivity index (χ1) is 12.2. The topological polar surface area (TPSA) is 84.1 Å². The summed E-state index contributed by atoms with van der Waals surface area (Å²) in [6.07, 6.45) is 10.6. The summed E-state index contributed by atoms with van der Waals surface area (Å²) in [7, 11) is 0. The Morgan fingerprint density at radius 3 is 2.72 bits per heavy atom. The van der Waals surface area contributed by atoms with E-state index in [2.05, 4.69) is 38.0 Å². The van der Waals surface area contributed by atoms with Crippen molar-refractivity contribution in [3.63, 3.8) is 0 Å². The van der Waals surface area contributed by atoms with Crippen LogP contribution in [0.3, 0.4) is 0 Å². The number of aliphatic hydroxyl groups is 1. The van der Waals surface area contributed by atoms with Crippen LogP contribution in [0.5, 0.6) is 0 Å². The van der Waals surface area contributed by atoms with Crippen molar-refractivity contribution >= 4 is 28.5 Å². The van der Waals surface area contributed by atoms with E-state index in [9.17, 15) is 5.11 Å². The van der Waals surface area contributed by atoms with Gasteiger partial charge in [-0.25, -0.2) is 9.97 Å². The molecule has 2 aromatic rings. The van der Waals surface area contributed by atoms with Gasteiger partial charge in [0.15, 0.2) is 0 Å². The predicted molar refractivity (Wildman–Crippen MR) is 104 cm³/mol. The molecule has 6 nitrogen and oxygen atoms in total. The molecule has 0 unspecified atom stereocenters. The van der Waals surface area contributed by atoms with E-state index >= 15 is 0 Å². The second kappa shape index (κ2) is 7.57. The minimum atomic E-state index is -0.155.